The van der Waals surface area contributed by atoms with Crippen LogP contribution in [0.1, 0.15) is 12.0 Å². The van der Waals surface area contributed by atoms with Crippen LogP contribution in [0.4, 0.5) is 0 Å². The standard InChI is InChI=1S/C13H15NO4S/c1-19(16,17)12-6-4-10(5-7-12)13-11(3-2-8-15)9-14-18-13/h4-7,9,15H,2-3,8H2,1H3. The first-order chi connectivity index (χ1) is 9.02. The first-order valence-corrected chi connectivity index (χ1v) is 7.76. The maximum atomic E-state index is 11.4. The van der Waals surface area contributed by atoms with E-state index in [1.165, 1.54) is 6.26 Å². The largest absolute Gasteiger partial charge is 0.396 e. The van der Waals surface area contributed by atoms with E-state index in [1.807, 2.05) is 0 Å². The van der Waals surface area contributed by atoms with Gasteiger partial charge in [0.05, 0.1) is 11.1 Å². The lowest BCUT2D eigenvalue weighted by molar-refractivity contribution is 0.288. The van der Waals surface area contributed by atoms with Crippen molar-refractivity contribution in [3.63, 3.8) is 0 Å². The first-order valence-electron chi connectivity index (χ1n) is 5.87. The van der Waals surface area contributed by atoms with Gasteiger partial charge in [0.1, 0.15) is 0 Å². The predicted molar refractivity (Wildman–Crippen MR) is 70.5 cm³/mol. The highest BCUT2D eigenvalue weighted by molar-refractivity contribution is 7.90. The monoisotopic (exact) mass is 281 g/mol. The lowest BCUT2D eigenvalue weighted by Crippen LogP contribution is -1.96. The molecule has 0 aliphatic rings. The van der Waals surface area contributed by atoms with Crippen molar-refractivity contribution in [2.75, 3.05) is 12.9 Å². The fourth-order valence-electron chi connectivity index (χ4n) is 1.80. The molecule has 1 heterocycles. The molecule has 2 aromatic rings. The number of aliphatic hydroxyl groups is 1. The van der Waals surface area contributed by atoms with Crippen molar-refractivity contribution in [2.45, 2.75) is 17.7 Å². The molecule has 2 rings (SSSR count). The van der Waals surface area contributed by atoms with Crippen molar-refractivity contribution in [2.24, 2.45) is 0 Å². The van der Waals surface area contributed by atoms with Gasteiger partial charge in [-0.3, -0.25) is 0 Å². The van der Waals surface area contributed by atoms with Crippen molar-refractivity contribution in [3.8, 4) is 11.3 Å². The van der Waals surface area contributed by atoms with Crippen molar-refractivity contribution < 1.29 is 18.0 Å². The summed E-state index contributed by atoms with van der Waals surface area (Å²) in [5.41, 5.74) is 1.68. The van der Waals surface area contributed by atoms with Crippen molar-refractivity contribution >= 4 is 9.84 Å². The van der Waals surface area contributed by atoms with E-state index in [0.29, 0.717) is 18.6 Å². The highest BCUT2D eigenvalue weighted by Crippen LogP contribution is 2.25. The first kappa shape index (κ1) is 13.8. The quantitative estimate of drug-likeness (QED) is 0.901. The number of benzene rings is 1. The van der Waals surface area contributed by atoms with E-state index in [4.69, 9.17) is 9.63 Å². The summed E-state index contributed by atoms with van der Waals surface area (Å²) in [5.74, 6) is 0.619. The number of hydrogen-bond donors (Lipinski definition) is 1. The van der Waals surface area contributed by atoms with Crippen LogP contribution in [-0.2, 0) is 16.3 Å². The number of hydrogen-bond acceptors (Lipinski definition) is 5. The molecule has 0 spiro atoms. The summed E-state index contributed by atoms with van der Waals surface area (Å²) in [6.45, 7) is 0.109. The van der Waals surface area contributed by atoms with Gasteiger partial charge in [0.2, 0.25) is 0 Å². The van der Waals surface area contributed by atoms with Gasteiger partial charge in [0, 0.05) is 24.0 Å². The fourth-order valence-corrected chi connectivity index (χ4v) is 2.43. The zero-order valence-corrected chi connectivity index (χ0v) is 11.4. The SMILES string of the molecule is CS(=O)(=O)c1ccc(-c2oncc2CCCO)cc1. The van der Waals surface area contributed by atoms with E-state index in [2.05, 4.69) is 5.16 Å². The van der Waals surface area contributed by atoms with Gasteiger partial charge in [-0.1, -0.05) is 5.16 Å². The highest BCUT2D eigenvalue weighted by atomic mass is 32.2. The van der Waals surface area contributed by atoms with Crippen LogP contribution in [0.25, 0.3) is 11.3 Å². The molecule has 0 bridgehead atoms. The summed E-state index contributed by atoms with van der Waals surface area (Å²) in [5, 5.41) is 12.6. The maximum absolute atomic E-state index is 11.4. The second kappa shape index (κ2) is 5.54. The Morgan fingerprint density at radius 3 is 2.53 bits per heavy atom. The van der Waals surface area contributed by atoms with E-state index >= 15 is 0 Å². The molecule has 19 heavy (non-hydrogen) atoms. The van der Waals surface area contributed by atoms with E-state index < -0.39 is 9.84 Å². The van der Waals surface area contributed by atoms with Crippen molar-refractivity contribution in [3.05, 3.63) is 36.0 Å². The number of nitrogens with zero attached hydrogens (tertiary/aromatic N) is 1. The molecule has 0 unspecified atom stereocenters. The minimum absolute atomic E-state index is 0.109. The Kier molecular flexibility index (Phi) is 4.01. The Labute approximate surface area is 111 Å². The lowest BCUT2D eigenvalue weighted by Gasteiger charge is -2.02. The molecule has 1 aromatic heterocycles. The van der Waals surface area contributed by atoms with Gasteiger partial charge >= 0.3 is 0 Å². The molecule has 1 N–H and O–H groups in total. The summed E-state index contributed by atoms with van der Waals surface area (Å²) in [6.07, 6.45) is 4.09. The number of aryl methyl sites for hydroxylation is 1. The van der Waals surface area contributed by atoms with Crippen LogP contribution in [-0.4, -0.2) is 31.5 Å². The molecule has 102 valence electrons. The molecule has 0 amide bonds. The molecule has 5 nitrogen and oxygen atoms in total. The van der Waals surface area contributed by atoms with Gasteiger partial charge in [-0.2, -0.15) is 0 Å². The van der Waals surface area contributed by atoms with Gasteiger partial charge in [-0.25, -0.2) is 8.42 Å². The molecular weight excluding hydrogens is 266 g/mol. The molecular formula is C13H15NO4S. The van der Waals surface area contributed by atoms with Crippen molar-refractivity contribution in [1.82, 2.24) is 5.16 Å². The Bertz CT molecular complexity index is 644. The summed E-state index contributed by atoms with van der Waals surface area (Å²) in [7, 11) is -3.19. The van der Waals surface area contributed by atoms with Gasteiger partial charge < -0.3 is 9.63 Å². The topological polar surface area (TPSA) is 80.4 Å². The number of rotatable bonds is 5. The Morgan fingerprint density at radius 2 is 1.95 bits per heavy atom. The fraction of sp³-hybridized carbons (Fsp3) is 0.308. The Hall–Kier alpha value is -1.66. The minimum Gasteiger partial charge on any atom is -0.396 e. The predicted octanol–water partition coefficient (Wildman–Crippen LogP) is 1.67. The minimum atomic E-state index is -3.19. The lowest BCUT2D eigenvalue weighted by atomic mass is 10.1. The highest BCUT2D eigenvalue weighted by Gasteiger charge is 2.12. The van der Waals surface area contributed by atoms with E-state index in [0.717, 1.165) is 11.1 Å². The van der Waals surface area contributed by atoms with Gasteiger partial charge in [0.15, 0.2) is 15.6 Å². The molecule has 0 fully saturated rings. The zero-order chi connectivity index (χ0) is 13.9. The summed E-state index contributed by atoms with van der Waals surface area (Å²) < 4.78 is 27.9. The third kappa shape index (κ3) is 3.21. The van der Waals surface area contributed by atoms with Crippen molar-refractivity contribution in [1.29, 1.82) is 0 Å². The summed E-state index contributed by atoms with van der Waals surface area (Å²) in [4.78, 5) is 0.271. The molecule has 1 aromatic carbocycles. The van der Waals surface area contributed by atoms with E-state index in [1.54, 1.807) is 30.5 Å². The molecule has 0 saturated carbocycles. The summed E-state index contributed by atoms with van der Waals surface area (Å²) >= 11 is 0. The number of aliphatic hydroxyl groups excluding tert-OH is 1. The van der Waals surface area contributed by atoms with Crippen LogP contribution in [0.15, 0.2) is 39.9 Å². The molecule has 0 aliphatic carbocycles. The molecule has 0 atom stereocenters. The zero-order valence-electron chi connectivity index (χ0n) is 10.5. The normalized spacial score (nSPS) is 11.7. The van der Waals surface area contributed by atoms with Gasteiger partial charge in [0.25, 0.3) is 0 Å². The average molecular weight is 281 g/mol. The average Bonchev–Trinajstić information content (AvgIpc) is 2.83. The number of sulfone groups is 1. The smallest absolute Gasteiger partial charge is 0.175 e. The second-order valence-electron chi connectivity index (χ2n) is 4.30. The maximum Gasteiger partial charge on any atom is 0.175 e. The van der Waals surface area contributed by atoms with E-state index in [9.17, 15) is 8.42 Å². The Balaban J connectivity index is 2.30. The van der Waals surface area contributed by atoms with Crippen LogP contribution < -0.4 is 0 Å². The second-order valence-corrected chi connectivity index (χ2v) is 6.32. The Morgan fingerprint density at radius 1 is 1.26 bits per heavy atom. The van der Waals surface area contributed by atoms with Crippen LogP contribution in [0.5, 0.6) is 0 Å². The van der Waals surface area contributed by atoms with Crippen LogP contribution in [0.2, 0.25) is 0 Å². The third-order valence-corrected chi connectivity index (χ3v) is 3.92. The van der Waals surface area contributed by atoms with Crippen LogP contribution >= 0.6 is 0 Å². The van der Waals surface area contributed by atoms with E-state index in [-0.39, 0.29) is 11.5 Å². The summed E-state index contributed by atoms with van der Waals surface area (Å²) in [6, 6.07) is 6.48. The third-order valence-electron chi connectivity index (χ3n) is 2.79. The van der Waals surface area contributed by atoms with Crippen LogP contribution in [0.3, 0.4) is 0 Å². The van der Waals surface area contributed by atoms with Gasteiger partial charge in [-0.15, -0.1) is 0 Å². The molecule has 0 saturated heterocycles. The molecule has 6 heteroatoms. The molecule has 0 aliphatic heterocycles. The number of aromatic nitrogens is 1. The van der Waals surface area contributed by atoms with Gasteiger partial charge in [-0.05, 0) is 37.1 Å². The van der Waals surface area contributed by atoms with Crippen LogP contribution in [0, 0.1) is 0 Å². The molecule has 0 radical (unpaired) electrons.